The molecule has 5 atom stereocenters. The number of piperidine rings is 3. The van der Waals surface area contributed by atoms with Crippen molar-refractivity contribution in [2.45, 2.75) is 38.3 Å². The molecule has 0 aliphatic carbocycles. The first kappa shape index (κ1) is 14.2. The summed E-state index contributed by atoms with van der Waals surface area (Å²) < 4.78 is 0. The molecule has 3 saturated heterocycles. The first-order chi connectivity index (χ1) is 10.8. The molecule has 3 aliphatic heterocycles. The number of hydrogen-bond donors (Lipinski definition) is 2. The van der Waals surface area contributed by atoms with Crippen LogP contribution in [0.5, 0.6) is 0 Å². The molecule has 0 saturated carbocycles. The zero-order valence-corrected chi connectivity index (χ0v) is 13.2. The molecule has 116 valence electrons. The van der Waals surface area contributed by atoms with Crippen molar-refractivity contribution in [1.82, 2.24) is 4.98 Å². The number of fused-ring (bicyclic) bond motifs is 4. The molecule has 3 fully saturated rings. The van der Waals surface area contributed by atoms with Crippen LogP contribution >= 0.6 is 0 Å². The summed E-state index contributed by atoms with van der Waals surface area (Å²) in [5.74, 6) is 1.68. The van der Waals surface area contributed by atoms with E-state index in [0.717, 1.165) is 28.3 Å². The van der Waals surface area contributed by atoms with E-state index in [1.54, 1.807) is 4.90 Å². The van der Waals surface area contributed by atoms with Crippen molar-refractivity contribution in [2.24, 2.45) is 11.8 Å². The third-order valence-corrected chi connectivity index (χ3v) is 6.02. The van der Waals surface area contributed by atoms with Crippen LogP contribution in [0.3, 0.4) is 0 Å². The minimum atomic E-state index is -0.372. The third-order valence-electron chi connectivity index (χ3n) is 6.02. The van der Waals surface area contributed by atoms with E-state index in [2.05, 4.69) is 18.0 Å². The number of hydrogen-bond acceptors (Lipinski definition) is 2. The molecule has 1 aromatic heterocycles. The van der Waals surface area contributed by atoms with E-state index in [9.17, 15) is 5.11 Å². The zero-order chi connectivity index (χ0) is 15.1. The highest BCUT2D eigenvalue weighted by Crippen LogP contribution is 2.34. The van der Waals surface area contributed by atoms with Gasteiger partial charge in [0.1, 0.15) is 12.1 Å². The van der Waals surface area contributed by atoms with Crippen LogP contribution in [0.2, 0.25) is 0 Å². The molecular weight excluding hydrogens is 272 g/mol. The van der Waals surface area contributed by atoms with Gasteiger partial charge in [0.2, 0.25) is 0 Å². The Hall–Kier alpha value is -1.45. The van der Waals surface area contributed by atoms with Crippen LogP contribution in [0.1, 0.15) is 37.9 Å². The Kier molecular flexibility index (Phi) is 3.63. The maximum Gasteiger partial charge on any atom is 0.131 e. The van der Waals surface area contributed by atoms with Crippen LogP contribution in [-0.2, 0) is 0 Å². The van der Waals surface area contributed by atoms with E-state index in [0.29, 0.717) is 6.04 Å². The average Bonchev–Trinajstić information content (AvgIpc) is 2.60. The lowest BCUT2D eigenvalue weighted by Crippen LogP contribution is -3.20. The highest BCUT2D eigenvalue weighted by Gasteiger charge is 2.46. The summed E-state index contributed by atoms with van der Waals surface area (Å²) >= 11 is 0. The Morgan fingerprint density at radius 2 is 2.18 bits per heavy atom. The molecular formula is C19H25N2O+. The molecule has 3 aliphatic rings. The average molecular weight is 297 g/mol. The van der Waals surface area contributed by atoms with Gasteiger partial charge >= 0.3 is 0 Å². The second-order valence-corrected chi connectivity index (χ2v) is 7.03. The summed E-state index contributed by atoms with van der Waals surface area (Å²) in [5.41, 5.74) is 2.04. The summed E-state index contributed by atoms with van der Waals surface area (Å²) in [7, 11) is 0. The van der Waals surface area contributed by atoms with Crippen LogP contribution < -0.4 is 4.90 Å². The first-order valence-corrected chi connectivity index (χ1v) is 8.64. The van der Waals surface area contributed by atoms with E-state index >= 15 is 0 Å². The van der Waals surface area contributed by atoms with Gasteiger partial charge in [0.25, 0.3) is 0 Å². The first-order valence-electron chi connectivity index (χ1n) is 8.64. The van der Waals surface area contributed by atoms with Gasteiger partial charge in [-0.25, -0.2) is 0 Å². The SMILES string of the molecule is CC[C@@H]1C[NH+]2CC[C@@H]1C[C@@H]2[C@@H](O)c1ccnc2ccccc12. The molecule has 1 unspecified atom stereocenters. The maximum atomic E-state index is 11.1. The standard InChI is InChI=1S/C19H24N2O/c1-2-13-12-21-10-8-14(13)11-18(21)19(22)16-7-9-20-17-6-4-3-5-15(16)17/h3-7,9,13-14,18-19,22H,2,8,10-12H2,1H3/p+1/t13-,14-,18-,19+/m1/s1. The van der Waals surface area contributed by atoms with Crippen LogP contribution in [0.15, 0.2) is 36.5 Å². The van der Waals surface area contributed by atoms with Gasteiger partial charge in [0.05, 0.1) is 18.6 Å². The van der Waals surface area contributed by atoms with Gasteiger partial charge in [0, 0.05) is 30.3 Å². The smallest absolute Gasteiger partial charge is 0.131 e. The van der Waals surface area contributed by atoms with Gasteiger partial charge < -0.3 is 10.0 Å². The summed E-state index contributed by atoms with van der Waals surface area (Å²) in [6, 6.07) is 10.5. The number of aliphatic hydroxyl groups excluding tert-OH is 1. The molecule has 22 heavy (non-hydrogen) atoms. The van der Waals surface area contributed by atoms with Crippen molar-refractivity contribution in [3.05, 3.63) is 42.1 Å². The minimum absolute atomic E-state index is 0.354. The number of benzene rings is 1. The molecule has 2 N–H and O–H groups in total. The van der Waals surface area contributed by atoms with Gasteiger partial charge in [-0.1, -0.05) is 25.1 Å². The highest BCUT2D eigenvalue weighted by atomic mass is 16.3. The van der Waals surface area contributed by atoms with Gasteiger partial charge in [-0.2, -0.15) is 0 Å². The van der Waals surface area contributed by atoms with Gasteiger partial charge in [0.15, 0.2) is 0 Å². The largest absolute Gasteiger partial charge is 0.382 e. The van der Waals surface area contributed by atoms with Crippen molar-refractivity contribution < 1.29 is 10.0 Å². The lowest BCUT2D eigenvalue weighted by Gasteiger charge is -2.48. The van der Waals surface area contributed by atoms with Crippen LogP contribution in [0.4, 0.5) is 0 Å². The topological polar surface area (TPSA) is 37.6 Å². The number of aliphatic hydroxyl groups is 1. The molecule has 2 bridgehead atoms. The van der Waals surface area contributed by atoms with E-state index in [1.165, 1.54) is 32.4 Å². The quantitative estimate of drug-likeness (QED) is 0.909. The minimum Gasteiger partial charge on any atom is -0.382 e. The summed E-state index contributed by atoms with van der Waals surface area (Å²) in [6.45, 7) is 4.78. The monoisotopic (exact) mass is 297 g/mol. The van der Waals surface area contributed by atoms with Gasteiger partial charge in [-0.15, -0.1) is 0 Å². The fourth-order valence-electron chi connectivity index (χ4n) is 4.77. The number of para-hydroxylation sites is 1. The number of aromatic nitrogens is 1. The second-order valence-electron chi connectivity index (χ2n) is 7.03. The Balaban J connectivity index is 1.66. The lowest BCUT2D eigenvalue weighted by molar-refractivity contribution is -0.950. The number of pyridine rings is 1. The Labute approximate surface area is 132 Å². The molecule has 0 spiro atoms. The molecule has 1 aromatic carbocycles. The lowest BCUT2D eigenvalue weighted by atomic mass is 9.72. The summed E-state index contributed by atoms with van der Waals surface area (Å²) in [4.78, 5) is 6.04. The fourth-order valence-corrected chi connectivity index (χ4v) is 4.77. The third kappa shape index (κ3) is 2.24. The Bertz CT molecular complexity index is 666. The van der Waals surface area contributed by atoms with E-state index < -0.39 is 0 Å². The van der Waals surface area contributed by atoms with Crippen molar-refractivity contribution in [1.29, 1.82) is 0 Å². The predicted molar refractivity (Wildman–Crippen MR) is 87.7 cm³/mol. The number of quaternary nitrogens is 1. The van der Waals surface area contributed by atoms with E-state index in [4.69, 9.17) is 0 Å². The maximum absolute atomic E-state index is 11.1. The highest BCUT2D eigenvalue weighted by molar-refractivity contribution is 5.82. The van der Waals surface area contributed by atoms with Crippen LogP contribution in [0, 0.1) is 11.8 Å². The van der Waals surface area contributed by atoms with Crippen molar-refractivity contribution in [3.8, 4) is 0 Å². The Morgan fingerprint density at radius 1 is 1.32 bits per heavy atom. The molecule has 0 radical (unpaired) electrons. The fraction of sp³-hybridized carbons (Fsp3) is 0.526. The predicted octanol–water partition coefficient (Wildman–Crippen LogP) is 1.97. The Morgan fingerprint density at radius 3 is 2.95 bits per heavy atom. The molecule has 2 aromatic rings. The van der Waals surface area contributed by atoms with Crippen molar-refractivity contribution >= 4 is 10.9 Å². The van der Waals surface area contributed by atoms with E-state index in [1.807, 2.05) is 30.5 Å². The summed E-state index contributed by atoms with van der Waals surface area (Å²) in [6.07, 6.45) is 5.26. The molecule has 4 heterocycles. The number of rotatable bonds is 3. The molecule has 3 nitrogen and oxygen atoms in total. The van der Waals surface area contributed by atoms with E-state index in [-0.39, 0.29) is 6.10 Å². The van der Waals surface area contributed by atoms with Crippen molar-refractivity contribution in [3.63, 3.8) is 0 Å². The molecule has 3 heteroatoms. The number of nitrogens with one attached hydrogen (secondary N) is 1. The van der Waals surface area contributed by atoms with Crippen LogP contribution in [-0.4, -0.2) is 29.2 Å². The van der Waals surface area contributed by atoms with Crippen molar-refractivity contribution in [2.75, 3.05) is 13.1 Å². The summed E-state index contributed by atoms with van der Waals surface area (Å²) in [5, 5.41) is 12.2. The van der Waals surface area contributed by atoms with Gasteiger partial charge in [-0.05, 0) is 30.0 Å². The van der Waals surface area contributed by atoms with Gasteiger partial charge in [-0.3, -0.25) is 4.98 Å². The van der Waals surface area contributed by atoms with Crippen LogP contribution in [0.25, 0.3) is 10.9 Å². The normalized spacial score (nSPS) is 32.3. The number of nitrogens with zero attached hydrogens (tertiary/aromatic N) is 1. The molecule has 5 rings (SSSR count). The zero-order valence-electron chi connectivity index (χ0n) is 13.2. The molecule has 0 amide bonds. The second kappa shape index (κ2) is 5.64.